The van der Waals surface area contributed by atoms with Gasteiger partial charge in [-0.15, -0.1) is 0 Å². The molecule has 0 bridgehead atoms. The van der Waals surface area contributed by atoms with Gasteiger partial charge in [-0.2, -0.15) is 0 Å². The van der Waals surface area contributed by atoms with Gasteiger partial charge in [-0.3, -0.25) is 0 Å². The maximum Gasteiger partial charge on any atom is 0.0558 e. The first-order chi connectivity index (χ1) is 5.77. The summed E-state index contributed by atoms with van der Waals surface area (Å²) in [6.45, 7) is 6.37. The van der Waals surface area contributed by atoms with Crippen LogP contribution in [0, 0.1) is 11.8 Å². The molecular weight excluding hydrogens is 154 g/mol. The zero-order valence-electron chi connectivity index (χ0n) is 7.99. The number of aliphatic hydroxyl groups excluding tert-OH is 1. The average Bonchev–Trinajstić information content (AvgIpc) is 2.34. The van der Waals surface area contributed by atoms with E-state index >= 15 is 0 Å². The van der Waals surface area contributed by atoms with Crippen molar-refractivity contribution in [2.24, 2.45) is 11.8 Å². The van der Waals surface area contributed by atoms with Gasteiger partial charge in [0.05, 0.1) is 13.2 Å². The Morgan fingerprint density at radius 3 is 2.83 bits per heavy atom. The molecule has 0 spiro atoms. The number of aliphatic hydroxyl groups is 1. The lowest BCUT2D eigenvalue weighted by Crippen LogP contribution is -2.24. The number of ether oxygens (including phenoxy) is 1. The fourth-order valence-electron chi connectivity index (χ4n) is 1.90. The van der Waals surface area contributed by atoms with Gasteiger partial charge in [-0.1, -0.05) is 6.92 Å². The van der Waals surface area contributed by atoms with E-state index in [4.69, 9.17) is 9.84 Å². The molecule has 1 aliphatic heterocycles. The van der Waals surface area contributed by atoms with Crippen molar-refractivity contribution in [3.8, 4) is 0 Å². The first-order valence-corrected chi connectivity index (χ1v) is 4.60. The highest BCUT2D eigenvalue weighted by molar-refractivity contribution is 4.80. The maximum absolute atomic E-state index is 8.76. The van der Waals surface area contributed by atoms with Crippen LogP contribution in [0.1, 0.15) is 6.92 Å². The molecule has 1 fully saturated rings. The molecule has 1 saturated heterocycles. The van der Waals surface area contributed by atoms with Crippen molar-refractivity contribution in [2.75, 3.05) is 40.0 Å². The Balaban J connectivity index is 2.29. The number of likely N-dealkylation sites (tertiary alicyclic amines) is 1. The molecule has 0 aromatic rings. The minimum absolute atomic E-state index is 0.270. The zero-order valence-corrected chi connectivity index (χ0v) is 7.99. The molecule has 1 heterocycles. The van der Waals surface area contributed by atoms with Crippen molar-refractivity contribution in [1.82, 2.24) is 4.90 Å². The van der Waals surface area contributed by atoms with Crippen LogP contribution in [0.5, 0.6) is 0 Å². The predicted molar refractivity (Wildman–Crippen MR) is 48.1 cm³/mol. The van der Waals surface area contributed by atoms with Crippen LogP contribution in [-0.2, 0) is 4.74 Å². The summed E-state index contributed by atoms with van der Waals surface area (Å²) in [4.78, 5) is 2.30. The van der Waals surface area contributed by atoms with E-state index in [1.807, 2.05) is 0 Å². The van der Waals surface area contributed by atoms with Gasteiger partial charge in [0.2, 0.25) is 0 Å². The second-order valence-electron chi connectivity index (χ2n) is 3.68. The molecule has 72 valence electrons. The SMILES string of the molecule is COC[C@@H]1CN(CCO)C[C@@H]1C. The number of nitrogens with zero attached hydrogens (tertiary/aromatic N) is 1. The maximum atomic E-state index is 8.76. The Hall–Kier alpha value is -0.120. The molecule has 0 unspecified atom stereocenters. The summed E-state index contributed by atoms with van der Waals surface area (Å²) < 4.78 is 5.13. The summed E-state index contributed by atoms with van der Waals surface area (Å²) >= 11 is 0. The Kier molecular flexibility index (Phi) is 3.98. The molecule has 1 rings (SSSR count). The van der Waals surface area contributed by atoms with Gasteiger partial charge in [0, 0.05) is 26.7 Å². The van der Waals surface area contributed by atoms with Crippen LogP contribution in [0.4, 0.5) is 0 Å². The second kappa shape index (κ2) is 4.80. The third-order valence-electron chi connectivity index (χ3n) is 2.64. The molecule has 3 nitrogen and oxygen atoms in total. The van der Waals surface area contributed by atoms with Gasteiger partial charge in [0.1, 0.15) is 0 Å². The Morgan fingerprint density at radius 1 is 1.50 bits per heavy atom. The van der Waals surface area contributed by atoms with E-state index in [0.717, 1.165) is 26.2 Å². The third-order valence-corrected chi connectivity index (χ3v) is 2.64. The van der Waals surface area contributed by atoms with E-state index < -0.39 is 0 Å². The molecule has 0 amide bonds. The van der Waals surface area contributed by atoms with Crippen LogP contribution in [0.25, 0.3) is 0 Å². The van der Waals surface area contributed by atoms with Crippen LogP contribution in [0.2, 0.25) is 0 Å². The Labute approximate surface area is 74.3 Å². The normalized spacial score (nSPS) is 31.2. The highest BCUT2D eigenvalue weighted by Crippen LogP contribution is 2.22. The standard InChI is InChI=1S/C9H19NO2/c1-8-5-10(3-4-11)6-9(8)7-12-2/h8-9,11H,3-7H2,1-2H3/t8-,9-/m0/s1. The highest BCUT2D eigenvalue weighted by atomic mass is 16.5. The summed E-state index contributed by atoms with van der Waals surface area (Å²) in [7, 11) is 1.75. The second-order valence-corrected chi connectivity index (χ2v) is 3.68. The van der Waals surface area contributed by atoms with Crippen LogP contribution < -0.4 is 0 Å². The zero-order chi connectivity index (χ0) is 8.97. The molecule has 1 N–H and O–H groups in total. The molecule has 3 heteroatoms. The predicted octanol–water partition coefficient (Wildman–Crippen LogP) is 0.193. The fourth-order valence-corrected chi connectivity index (χ4v) is 1.90. The van der Waals surface area contributed by atoms with Crippen molar-refractivity contribution in [2.45, 2.75) is 6.92 Å². The summed E-state index contributed by atoms with van der Waals surface area (Å²) in [6, 6.07) is 0. The highest BCUT2D eigenvalue weighted by Gasteiger charge is 2.28. The quantitative estimate of drug-likeness (QED) is 0.659. The summed E-state index contributed by atoms with van der Waals surface area (Å²) in [5, 5.41) is 8.76. The number of hydrogen-bond donors (Lipinski definition) is 1. The number of methoxy groups -OCH3 is 1. The van der Waals surface area contributed by atoms with Crippen LogP contribution in [-0.4, -0.2) is 50.0 Å². The van der Waals surface area contributed by atoms with Crippen LogP contribution in [0.15, 0.2) is 0 Å². The monoisotopic (exact) mass is 173 g/mol. The number of hydrogen-bond acceptors (Lipinski definition) is 3. The summed E-state index contributed by atoms with van der Waals surface area (Å²) in [5.74, 6) is 1.36. The molecule has 0 radical (unpaired) electrons. The lowest BCUT2D eigenvalue weighted by molar-refractivity contribution is 0.138. The van der Waals surface area contributed by atoms with Crippen molar-refractivity contribution in [1.29, 1.82) is 0 Å². The average molecular weight is 173 g/mol. The van der Waals surface area contributed by atoms with E-state index in [-0.39, 0.29) is 6.61 Å². The first kappa shape index (κ1) is 9.96. The largest absolute Gasteiger partial charge is 0.395 e. The lowest BCUT2D eigenvalue weighted by atomic mass is 10.00. The molecule has 0 aromatic heterocycles. The molecule has 0 aromatic carbocycles. The number of β-amino-alcohol motifs (C(OH)–C–C–N with tert-alkyl or cyclic N) is 1. The topological polar surface area (TPSA) is 32.7 Å². The van der Waals surface area contributed by atoms with Gasteiger partial charge < -0.3 is 14.7 Å². The van der Waals surface area contributed by atoms with Crippen LogP contribution in [0.3, 0.4) is 0 Å². The smallest absolute Gasteiger partial charge is 0.0558 e. The van der Waals surface area contributed by atoms with Crippen LogP contribution >= 0.6 is 0 Å². The van der Waals surface area contributed by atoms with Gasteiger partial charge >= 0.3 is 0 Å². The van der Waals surface area contributed by atoms with E-state index in [1.165, 1.54) is 0 Å². The molecule has 0 aliphatic carbocycles. The Morgan fingerprint density at radius 2 is 2.25 bits per heavy atom. The van der Waals surface area contributed by atoms with E-state index in [9.17, 15) is 0 Å². The molecule has 1 aliphatic rings. The summed E-state index contributed by atoms with van der Waals surface area (Å²) in [6.07, 6.45) is 0. The van der Waals surface area contributed by atoms with E-state index in [0.29, 0.717) is 11.8 Å². The minimum atomic E-state index is 0.270. The van der Waals surface area contributed by atoms with Crippen molar-refractivity contribution < 1.29 is 9.84 Å². The fraction of sp³-hybridized carbons (Fsp3) is 1.00. The summed E-state index contributed by atoms with van der Waals surface area (Å²) in [5.41, 5.74) is 0. The van der Waals surface area contributed by atoms with E-state index in [2.05, 4.69) is 11.8 Å². The van der Waals surface area contributed by atoms with E-state index in [1.54, 1.807) is 7.11 Å². The van der Waals surface area contributed by atoms with Crippen molar-refractivity contribution >= 4 is 0 Å². The molecule has 2 atom stereocenters. The lowest BCUT2D eigenvalue weighted by Gasteiger charge is -2.13. The van der Waals surface area contributed by atoms with Crippen molar-refractivity contribution in [3.63, 3.8) is 0 Å². The Bertz CT molecular complexity index is 130. The van der Waals surface area contributed by atoms with Crippen molar-refractivity contribution in [3.05, 3.63) is 0 Å². The van der Waals surface area contributed by atoms with Gasteiger partial charge in [0.25, 0.3) is 0 Å². The first-order valence-electron chi connectivity index (χ1n) is 4.60. The third kappa shape index (κ3) is 2.44. The van der Waals surface area contributed by atoms with Gasteiger partial charge in [0.15, 0.2) is 0 Å². The van der Waals surface area contributed by atoms with Gasteiger partial charge in [-0.25, -0.2) is 0 Å². The molecular formula is C9H19NO2. The minimum Gasteiger partial charge on any atom is -0.395 e. The van der Waals surface area contributed by atoms with Gasteiger partial charge in [-0.05, 0) is 11.8 Å². The number of rotatable bonds is 4. The molecule has 12 heavy (non-hydrogen) atoms. The molecule has 0 saturated carbocycles.